The van der Waals surface area contributed by atoms with Gasteiger partial charge in [0, 0.05) is 6.07 Å². The Hall–Kier alpha value is -1.86. The van der Waals surface area contributed by atoms with Gasteiger partial charge in [0.05, 0.1) is 9.95 Å². The summed E-state index contributed by atoms with van der Waals surface area (Å²) in [7, 11) is 0. The molecule has 116 valence electrons. The monoisotopic (exact) mass is 315 g/mol. The normalized spacial score (nSPS) is 13.5. The highest BCUT2D eigenvalue weighted by Gasteiger charge is 2.32. The summed E-state index contributed by atoms with van der Waals surface area (Å²) >= 11 is 5.92. The van der Waals surface area contributed by atoms with E-state index < -0.39 is 16.4 Å². The molecule has 1 unspecified atom stereocenters. The number of nitro groups is 1. The summed E-state index contributed by atoms with van der Waals surface area (Å²) in [5.74, 6) is -0.680. The number of nitro benzene ring substituents is 1. The molecule has 8 heteroatoms. The Morgan fingerprint density at radius 2 is 2.24 bits per heavy atom. The SMILES string of the molecule is CCCNC(C)(COc1c(Cl)cccc1[N+](=O)[O-])C(N)=O. The van der Waals surface area contributed by atoms with Gasteiger partial charge in [-0.1, -0.05) is 24.6 Å². The molecule has 0 saturated heterocycles. The smallest absolute Gasteiger partial charge is 0.312 e. The lowest BCUT2D eigenvalue weighted by Crippen LogP contribution is -2.57. The number of nitrogens with one attached hydrogen (secondary N) is 1. The molecule has 0 aliphatic rings. The average Bonchev–Trinajstić information content (AvgIpc) is 2.43. The third-order valence-electron chi connectivity index (χ3n) is 2.96. The predicted molar refractivity (Wildman–Crippen MR) is 79.5 cm³/mol. The third-order valence-corrected chi connectivity index (χ3v) is 3.25. The molecular weight excluding hydrogens is 298 g/mol. The average molecular weight is 316 g/mol. The van der Waals surface area contributed by atoms with Crippen molar-refractivity contribution in [1.82, 2.24) is 5.32 Å². The molecule has 1 aromatic carbocycles. The van der Waals surface area contributed by atoms with E-state index in [1.807, 2.05) is 6.92 Å². The minimum atomic E-state index is -1.14. The number of nitrogens with two attached hydrogens (primary N) is 1. The van der Waals surface area contributed by atoms with Crippen LogP contribution in [0.1, 0.15) is 20.3 Å². The summed E-state index contributed by atoms with van der Waals surface area (Å²) in [6.45, 7) is 3.92. The summed E-state index contributed by atoms with van der Waals surface area (Å²) in [5.41, 5.74) is 3.97. The minimum Gasteiger partial charge on any atom is -0.483 e. The minimum absolute atomic E-state index is 0.0741. The Kier molecular flexibility index (Phi) is 5.92. The number of amides is 1. The van der Waals surface area contributed by atoms with Crippen LogP contribution in [0.25, 0.3) is 0 Å². The summed E-state index contributed by atoms with van der Waals surface area (Å²) in [5, 5.41) is 14.0. The molecule has 0 bridgehead atoms. The van der Waals surface area contributed by atoms with E-state index in [1.165, 1.54) is 18.2 Å². The van der Waals surface area contributed by atoms with Crippen LogP contribution < -0.4 is 15.8 Å². The number of hydrogen-bond acceptors (Lipinski definition) is 5. The van der Waals surface area contributed by atoms with E-state index in [4.69, 9.17) is 22.1 Å². The summed E-state index contributed by atoms with van der Waals surface area (Å²) in [4.78, 5) is 21.9. The number of carbonyl (C=O) groups is 1. The number of ether oxygens (including phenoxy) is 1. The molecule has 1 rings (SSSR count). The highest BCUT2D eigenvalue weighted by Crippen LogP contribution is 2.34. The molecule has 1 atom stereocenters. The lowest BCUT2D eigenvalue weighted by Gasteiger charge is -2.27. The zero-order valence-corrected chi connectivity index (χ0v) is 12.6. The van der Waals surface area contributed by atoms with Crippen LogP contribution in [-0.4, -0.2) is 29.5 Å². The fourth-order valence-corrected chi connectivity index (χ4v) is 1.83. The molecule has 0 aliphatic carbocycles. The summed E-state index contributed by atoms with van der Waals surface area (Å²) in [6, 6.07) is 4.21. The predicted octanol–water partition coefficient (Wildman–Crippen LogP) is 1.87. The Bertz CT molecular complexity index is 538. The lowest BCUT2D eigenvalue weighted by atomic mass is 10.0. The zero-order chi connectivity index (χ0) is 16.0. The maximum absolute atomic E-state index is 11.6. The molecule has 0 heterocycles. The van der Waals surface area contributed by atoms with Gasteiger partial charge in [0.2, 0.25) is 11.7 Å². The van der Waals surface area contributed by atoms with Gasteiger partial charge in [-0.15, -0.1) is 0 Å². The fourth-order valence-electron chi connectivity index (χ4n) is 1.61. The summed E-state index contributed by atoms with van der Waals surface area (Å²) < 4.78 is 5.42. The van der Waals surface area contributed by atoms with E-state index in [2.05, 4.69) is 5.32 Å². The van der Waals surface area contributed by atoms with Crippen molar-refractivity contribution in [2.45, 2.75) is 25.8 Å². The molecule has 0 fully saturated rings. The van der Waals surface area contributed by atoms with Gasteiger partial charge < -0.3 is 15.8 Å². The maximum Gasteiger partial charge on any atom is 0.312 e. The second-order valence-electron chi connectivity index (χ2n) is 4.76. The van der Waals surface area contributed by atoms with Gasteiger partial charge in [0.1, 0.15) is 12.1 Å². The molecule has 0 saturated carbocycles. The number of carbonyl (C=O) groups excluding carboxylic acids is 1. The largest absolute Gasteiger partial charge is 0.483 e. The van der Waals surface area contributed by atoms with Crippen molar-refractivity contribution in [2.24, 2.45) is 5.73 Å². The summed E-state index contributed by atoms with van der Waals surface area (Å²) in [6.07, 6.45) is 0.801. The van der Waals surface area contributed by atoms with Crippen LogP contribution in [0.2, 0.25) is 5.02 Å². The maximum atomic E-state index is 11.6. The number of halogens is 1. The molecule has 3 N–H and O–H groups in total. The molecule has 0 aliphatic heterocycles. The first-order chi connectivity index (χ1) is 9.81. The Morgan fingerprint density at radius 3 is 2.76 bits per heavy atom. The van der Waals surface area contributed by atoms with Crippen LogP contribution in [0.15, 0.2) is 18.2 Å². The van der Waals surface area contributed by atoms with Crippen LogP contribution in [0, 0.1) is 10.1 Å². The van der Waals surface area contributed by atoms with Gasteiger partial charge >= 0.3 is 5.69 Å². The van der Waals surface area contributed by atoms with Crippen molar-refractivity contribution in [3.63, 3.8) is 0 Å². The Morgan fingerprint density at radius 1 is 1.57 bits per heavy atom. The van der Waals surface area contributed by atoms with Crippen molar-refractivity contribution >= 4 is 23.2 Å². The van der Waals surface area contributed by atoms with Gasteiger partial charge in [-0.2, -0.15) is 0 Å². The topological polar surface area (TPSA) is 107 Å². The molecule has 1 amide bonds. The van der Waals surface area contributed by atoms with Crippen LogP contribution >= 0.6 is 11.6 Å². The van der Waals surface area contributed by atoms with E-state index >= 15 is 0 Å². The first kappa shape index (κ1) is 17.2. The van der Waals surface area contributed by atoms with Crippen LogP contribution in [-0.2, 0) is 4.79 Å². The fraction of sp³-hybridized carbons (Fsp3) is 0.462. The molecular formula is C13H18ClN3O4. The van der Waals surface area contributed by atoms with Crippen LogP contribution in [0.3, 0.4) is 0 Å². The Labute approximate surface area is 127 Å². The molecule has 0 spiro atoms. The van der Waals surface area contributed by atoms with Crippen molar-refractivity contribution < 1.29 is 14.5 Å². The van der Waals surface area contributed by atoms with Crippen LogP contribution in [0.4, 0.5) is 5.69 Å². The number of hydrogen-bond donors (Lipinski definition) is 2. The quantitative estimate of drug-likeness (QED) is 0.562. The molecule has 0 radical (unpaired) electrons. The molecule has 21 heavy (non-hydrogen) atoms. The standard InChI is InChI=1S/C13H18ClN3O4/c1-3-7-16-13(2,12(15)18)8-21-11-9(14)5-4-6-10(11)17(19)20/h4-6,16H,3,7-8H2,1-2H3,(H2,15,18). The highest BCUT2D eigenvalue weighted by atomic mass is 35.5. The first-order valence-electron chi connectivity index (χ1n) is 6.42. The number of nitrogens with zero attached hydrogens (tertiary/aromatic N) is 1. The number of benzene rings is 1. The molecule has 0 aromatic heterocycles. The number of rotatable bonds is 8. The van der Waals surface area contributed by atoms with Crippen LogP contribution in [0.5, 0.6) is 5.75 Å². The molecule has 7 nitrogen and oxygen atoms in total. The van der Waals surface area contributed by atoms with Gasteiger partial charge in [0.25, 0.3) is 0 Å². The second kappa shape index (κ2) is 7.24. The van der Waals surface area contributed by atoms with E-state index in [0.717, 1.165) is 6.42 Å². The van der Waals surface area contributed by atoms with Crippen molar-refractivity contribution in [3.8, 4) is 5.75 Å². The van der Waals surface area contributed by atoms with Gasteiger partial charge in [-0.05, 0) is 26.0 Å². The Balaban J connectivity index is 2.95. The van der Waals surface area contributed by atoms with Gasteiger partial charge in [-0.25, -0.2) is 0 Å². The van der Waals surface area contributed by atoms with E-state index in [9.17, 15) is 14.9 Å². The van der Waals surface area contributed by atoms with E-state index in [0.29, 0.717) is 6.54 Å². The zero-order valence-electron chi connectivity index (χ0n) is 11.9. The van der Waals surface area contributed by atoms with Crippen molar-refractivity contribution in [3.05, 3.63) is 33.3 Å². The number of para-hydroxylation sites is 1. The highest BCUT2D eigenvalue weighted by molar-refractivity contribution is 6.32. The number of primary amides is 1. The third kappa shape index (κ3) is 4.30. The molecule has 1 aromatic rings. The van der Waals surface area contributed by atoms with Crippen molar-refractivity contribution in [1.29, 1.82) is 0 Å². The lowest BCUT2D eigenvalue weighted by molar-refractivity contribution is -0.385. The van der Waals surface area contributed by atoms with E-state index in [-0.39, 0.29) is 23.1 Å². The first-order valence-corrected chi connectivity index (χ1v) is 6.80. The van der Waals surface area contributed by atoms with Gasteiger partial charge in [0.15, 0.2) is 0 Å². The van der Waals surface area contributed by atoms with Crippen molar-refractivity contribution in [2.75, 3.05) is 13.2 Å². The van der Waals surface area contributed by atoms with Gasteiger partial charge in [-0.3, -0.25) is 14.9 Å². The van der Waals surface area contributed by atoms with E-state index in [1.54, 1.807) is 6.92 Å². The second-order valence-corrected chi connectivity index (χ2v) is 5.16.